The fraction of sp³-hybridized carbons (Fsp3) is 0.857. The van der Waals surface area contributed by atoms with E-state index in [1.807, 2.05) is 0 Å². The van der Waals surface area contributed by atoms with E-state index < -0.39 is 0 Å². The summed E-state index contributed by atoms with van der Waals surface area (Å²) in [6.07, 6.45) is 1.17. The van der Waals surface area contributed by atoms with Crippen molar-refractivity contribution in [2.24, 2.45) is 16.1 Å². The summed E-state index contributed by atoms with van der Waals surface area (Å²) in [6.45, 7) is 4.35. The number of amides is 1. The van der Waals surface area contributed by atoms with E-state index in [2.05, 4.69) is 22.5 Å². The Morgan fingerprint density at radius 3 is 2.73 bits per heavy atom. The predicted molar refractivity (Wildman–Crippen MR) is 41.1 cm³/mol. The van der Waals surface area contributed by atoms with Crippen LogP contribution in [0.4, 0.5) is 0 Å². The zero-order valence-corrected chi connectivity index (χ0v) is 6.87. The van der Waals surface area contributed by atoms with Gasteiger partial charge in [-0.1, -0.05) is 6.92 Å². The molecule has 11 heavy (non-hydrogen) atoms. The largest absolute Gasteiger partial charge is 0.356 e. The van der Waals surface area contributed by atoms with Gasteiger partial charge in [0.2, 0.25) is 5.91 Å². The van der Waals surface area contributed by atoms with E-state index >= 15 is 0 Å². The molecule has 4 heteroatoms. The lowest BCUT2D eigenvalue weighted by Crippen LogP contribution is -2.23. The molecular formula is C7H13N3O. The van der Waals surface area contributed by atoms with Crippen LogP contribution in [0, 0.1) is 5.92 Å². The predicted octanol–water partition coefficient (Wildman–Crippen LogP) is 0.941. The van der Waals surface area contributed by atoms with Gasteiger partial charge < -0.3 is 5.32 Å². The van der Waals surface area contributed by atoms with Crippen molar-refractivity contribution >= 4 is 5.91 Å². The third-order valence-corrected chi connectivity index (χ3v) is 1.73. The van der Waals surface area contributed by atoms with Crippen molar-refractivity contribution in [1.29, 1.82) is 0 Å². The Bertz CT molecular complexity index is 173. The van der Waals surface area contributed by atoms with Gasteiger partial charge in [-0.3, -0.25) is 4.79 Å². The number of carbonyl (C=O) groups excluding carboxylic acids is 1. The van der Waals surface area contributed by atoms with E-state index in [9.17, 15) is 4.79 Å². The molecular weight excluding hydrogens is 142 g/mol. The van der Waals surface area contributed by atoms with E-state index in [0.717, 1.165) is 13.0 Å². The van der Waals surface area contributed by atoms with Crippen molar-refractivity contribution in [3.05, 3.63) is 0 Å². The molecule has 0 bridgehead atoms. The molecule has 0 saturated heterocycles. The van der Waals surface area contributed by atoms with Gasteiger partial charge in [0.1, 0.15) is 0 Å². The monoisotopic (exact) mass is 155 g/mol. The Morgan fingerprint density at radius 2 is 2.27 bits per heavy atom. The quantitative estimate of drug-likeness (QED) is 0.645. The highest BCUT2D eigenvalue weighted by Crippen LogP contribution is 2.22. The van der Waals surface area contributed by atoms with Crippen molar-refractivity contribution in [2.75, 3.05) is 6.54 Å². The molecule has 0 saturated carbocycles. The summed E-state index contributed by atoms with van der Waals surface area (Å²) in [5.74, 6) is 0.503. The average Bonchev–Trinajstić information content (AvgIpc) is 2.66. The van der Waals surface area contributed by atoms with Crippen LogP contribution in [-0.2, 0) is 4.79 Å². The number of hydrogen-bond acceptors (Lipinski definition) is 3. The molecule has 1 atom stereocenters. The van der Waals surface area contributed by atoms with Gasteiger partial charge in [0, 0.05) is 19.4 Å². The van der Waals surface area contributed by atoms with Gasteiger partial charge in [0.05, 0.1) is 0 Å². The van der Waals surface area contributed by atoms with Gasteiger partial charge in [-0.25, -0.2) is 0 Å². The average molecular weight is 155 g/mol. The minimum Gasteiger partial charge on any atom is -0.356 e. The second kappa shape index (κ2) is 3.46. The Kier molecular flexibility index (Phi) is 2.57. The van der Waals surface area contributed by atoms with Gasteiger partial charge in [-0.05, 0) is 6.42 Å². The van der Waals surface area contributed by atoms with Crippen molar-refractivity contribution < 1.29 is 4.79 Å². The molecule has 62 valence electrons. The Morgan fingerprint density at radius 1 is 1.64 bits per heavy atom. The van der Waals surface area contributed by atoms with Gasteiger partial charge >= 0.3 is 0 Å². The molecule has 1 rings (SSSR count). The van der Waals surface area contributed by atoms with Gasteiger partial charge in [0.15, 0.2) is 6.17 Å². The zero-order chi connectivity index (χ0) is 8.27. The molecule has 0 aromatic carbocycles. The number of nitrogens with zero attached hydrogens (tertiary/aromatic N) is 2. The Labute approximate surface area is 66.1 Å². The first kappa shape index (κ1) is 8.17. The second-order valence-electron chi connectivity index (χ2n) is 2.89. The smallest absolute Gasteiger partial charge is 0.216 e. The van der Waals surface area contributed by atoms with E-state index in [-0.39, 0.29) is 12.1 Å². The maximum atomic E-state index is 10.5. The summed E-state index contributed by atoms with van der Waals surface area (Å²) in [6, 6.07) is 0. The lowest BCUT2D eigenvalue weighted by Gasteiger charge is -2.06. The summed E-state index contributed by atoms with van der Waals surface area (Å²) in [4.78, 5) is 10.5. The minimum atomic E-state index is 0.0295. The molecule has 0 aromatic heterocycles. The molecule has 1 aliphatic heterocycles. The summed E-state index contributed by atoms with van der Waals surface area (Å²) >= 11 is 0. The topological polar surface area (TPSA) is 53.8 Å². The summed E-state index contributed by atoms with van der Waals surface area (Å²) < 4.78 is 0. The second-order valence-corrected chi connectivity index (χ2v) is 2.89. The van der Waals surface area contributed by atoms with Crippen molar-refractivity contribution in [3.63, 3.8) is 0 Å². The number of rotatable bonds is 4. The fourth-order valence-electron chi connectivity index (χ4n) is 0.891. The van der Waals surface area contributed by atoms with E-state index in [1.54, 1.807) is 0 Å². The lowest BCUT2D eigenvalue weighted by atomic mass is 10.1. The normalized spacial score (nSPS) is 18.0. The first-order valence-electron chi connectivity index (χ1n) is 3.84. The fourth-order valence-corrected chi connectivity index (χ4v) is 0.891. The maximum absolute atomic E-state index is 10.5. The van der Waals surface area contributed by atoms with Crippen LogP contribution >= 0.6 is 0 Å². The molecule has 4 nitrogen and oxygen atoms in total. The molecule has 0 aromatic rings. The molecule has 0 fully saturated rings. The van der Waals surface area contributed by atoms with Crippen molar-refractivity contribution in [3.8, 4) is 0 Å². The third-order valence-electron chi connectivity index (χ3n) is 1.73. The first-order valence-corrected chi connectivity index (χ1v) is 3.84. The Balaban J connectivity index is 1.97. The van der Waals surface area contributed by atoms with Gasteiger partial charge in [-0.2, -0.15) is 10.2 Å². The van der Waals surface area contributed by atoms with E-state index in [1.165, 1.54) is 6.92 Å². The van der Waals surface area contributed by atoms with Crippen LogP contribution in [0.1, 0.15) is 20.3 Å². The van der Waals surface area contributed by atoms with E-state index in [4.69, 9.17) is 0 Å². The highest BCUT2D eigenvalue weighted by atomic mass is 16.1. The van der Waals surface area contributed by atoms with Gasteiger partial charge in [-0.15, -0.1) is 0 Å². The zero-order valence-electron chi connectivity index (χ0n) is 6.87. The first-order chi connectivity index (χ1) is 5.20. The van der Waals surface area contributed by atoms with Crippen LogP contribution in [0.25, 0.3) is 0 Å². The number of hydrogen-bond donors (Lipinski definition) is 1. The number of carbonyl (C=O) groups is 1. The standard InChI is InChI=1S/C7H13N3O/c1-5(7-9-10-7)3-4-8-6(2)11/h5,7H,3-4H2,1-2H3,(H,8,11). The summed E-state index contributed by atoms with van der Waals surface area (Å²) in [5.41, 5.74) is 0. The molecule has 1 aliphatic rings. The van der Waals surface area contributed by atoms with Crippen LogP contribution in [0.3, 0.4) is 0 Å². The molecule has 0 aliphatic carbocycles. The molecule has 1 unspecified atom stereocenters. The van der Waals surface area contributed by atoms with Crippen molar-refractivity contribution in [2.45, 2.75) is 26.4 Å². The Hall–Kier alpha value is -0.930. The minimum absolute atomic E-state index is 0.0295. The summed E-state index contributed by atoms with van der Waals surface area (Å²) in [5, 5.41) is 10.4. The lowest BCUT2D eigenvalue weighted by molar-refractivity contribution is -0.118. The maximum Gasteiger partial charge on any atom is 0.216 e. The van der Waals surface area contributed by atoms with Crippen molar-refractivity contribution in [1.82, 2.24) is 5.32 Å². The van der Waals surface area contributed by atoms with Crippen LogP contribution in [0.15, 0.2) is 10.2 Å². The molecule has 0 spiro atoms. The van der Waals surface area contributed by atoms with Crippen LogP contribution in [-0.4, -0.2) is 18.6 Å². The van der Waals surface area contributed by atoms with E-state index in [0.29, 0.717) is 5.92 Å². The summed E-state index contributed by atoms with van der Waals surface area (Å²) in [7, 11) is 0. The molecule has 0 radical (unpaired) electrons. The highest BCUT2D eigenvalue weighted by Gasteiger charge is 2.23. The third kappa shape index (κ3) is 3.11. The molecule has 1 heterocycles. The molecule has 1 amide bonds. The van der Waals surface area contributed by atoms with Crippen LogP contribution in [0.2, 0.25) is 0 Å². The van der Waals surface area contributed by atoms with Gasteiger partial charge in [0.25, 0.3) is 0 Å². The molecule has 1 N–H and O–H groups in total. The highest BCUT2D eigenvalue weighted by molar-refractivity contribution is 5.72. The number of nitrogens with one attached hydrogen (secondary N) is 1. The van der Waals surface area contributed by atoms with Crippen LogP contribution in [0.5, 0.6) is 0 Å². The SMILES string of the molecule is CC(=O)NCCC(C)C1N=N1. The van der Waals surface area contributed by atoms with Crippen LogP contribution < -0.4 is 5.32 Å².